The molecule has 0 aliphatic rings. The smallest absolute Gasteiger partial charge is 0.0695 e. The summed E-state index contributed by atoms with van der Waals surface area (Å²) in [7, 11) is 16.2. The Hall–Kier alpha value is -3.44. The minimum Gasteiger partial charge on any atom is -0.391 e. The fourth-order valence-corrected chi connectivity index (χ4v) is 7.16. The third kappa shape index (κ3) is 21.9. The molecule has 4 N–H and O–H groups in total. The van der Waals surface area contributed by atoms with E-state index >= 15 is 0 Å². The largest absolute Gasteiger partial charge is 0.391 e. The Labute approximate surface area is 366 Å². The molecule has 8 heteroatoms. The molecule has 8 atom stereocenters. The fourth-order valence-electron chi connectivity index (χ4n) is 7.16. The summed E-state index contributed by atoms with van der Waals surface area (Å²) in [6.45, 7) is 8.08. The first kappa shape index (κ1) is 54.6. The lowest BCUT2D eigenvalue weighted by molar-refractivity contribution is 0.0728. The van der Waals surface area contributed by atoms with Crippen molar-refractivity contribution in [1.82, 2.24) is 19.6 Å². The third-order valence-electron chi connectivity index (χ3n) is 11.3. The Morgan fingerprint density at radius 1 is 0.300 bits per heavy atom. The first-order valence-electron chi connectivity index (χ1n) is 22.1. The Morgan fingerprint density at radius 3 is 0.567 bits per heavy atom. The lowest BCUT2D eigenvalue weighted by Crippen LogP contribution is -2.40. The second-order valence-corrected chi connectivity index (χ2v) is 16.8. The zero-order valence-electron chi connectivity index (χ0n) is 39.4. The van der Waals surface area contributed by atoms with Crippen molar-refractivity contribution < 1.29 is 20.4 Å². The summed E-state index contributed by atoms with van der Waals surface area (Å²) in [5, 5.41) is 39.6. The normalized spacial score (nSPS) is 15.3. The average molecular weight is 829 g/mol. The van der Waals surface area contributed by atoms with E-state index < -0.39 is 0 Å². The number of likely N-dealkylation sites (N-methyl/N-ethyl adjacent to an activating group) is 4. The Kier molecular flexibility index (Phi) is 28.6. The van der Waals surface area contributed by atoms with Gasteiger partial charge in [-0.15, -0.1) is 0 Å². The molecule has 0 unspecified atom stereocenters. The summed E-state index contributed by atoms with van der Waals surface area (Å²) in [5.41, 5.74) is 5.12. The van der Waals surface area contributed by atoms with Gasteiger partial charge >= 0.3 is 0 Å². The van der Waals surface area contributed by atoms with Crippen LogP contribution < -0.4 is 0 Å². The van der Waals surface area contributed by atoms with Gasteiger partial charge in [-0.2, -0.15) is 0 Å². The van der Waals surface area contributed by atoms with Crippen molar-refractivity contribution in [3.8, 4) is 0 Å². The van der Waals surface area contributed by atoms with Crippen LogP contribution in [0.1, 0.15) is 75.6 Å². The molecule has 336 valence electrons. The van der Waals surface area contributed by atoms with Gasteiger partial charge in [0.1, 0.15) is 0 Å². The van der Waals surface area contributed by atoms with Gasteiger partial charge in [0, 0.05) is 24.2 Å². The van der Waals surface area contributed by atoms with E-state index in [1.54, 1.807) is 0 Å². The third-order valence-corrected chi connectivity index (χ3v) is 11.3. The van der Waals surface area contributed by atoms with Crippen LogP contribution in [0.4, 0.5) is 0 Å². The molecule has 0 fully saturated rings. The number of rotatable bonds is 20. The van der Waals surface area contributed by atoms with E-state index in [9.17, 15) is 20.4 Å². The van der Waals surface area contributed by atoms with Crippen LogP contribution in [0.25, 0.3) is 0 Å². The van der Waals surface area contributed by atoms with Crippen LogP contribution in [-0.2, 0) is 25.7 Å². The monoisotopic (exact) mass is 829 g/mol. The molecule has 0 saturated heterocycles. The molecule has 4 aromatic rings. The van der Waals surface area contributed by atoms with Gasteiger partial charge in [-0.05, 0) is 130 Å². The van der Waals surface area contributed by atoms with Crippen molar-refractivity contribution in [3.63, 3.8) is 0 Å². The van der Waals surface area contributed by atoms with Gasteiger partial charge in [0.2, 0.25) is 0 Å². The van der Waals surface area contributed by atoms with E-state index in [2.05, 4.69) is 68.1 Å². The highest BCUT2D eigenvalue weighted by Crippen LogP contribution is 2.15. The highest BCUT2D eigenvalue weighted by atomic mass is 16.3. The van der Waals surface area contributed by atoms with Crippen molar-refractivity contribution in [3.05, 3.63) is 144 Å². The SMILES string of the molecule is CC[C@@H](O)[C@@H](Cc1ccccc1)N(C)C.CC[C@@H](O)[C@H](Cc1ccccc1)N(C)C.CC[C@H](O)[C@@H](Cc1ccccc1)N(C)C.CC[C@H](O)[C@H](Cc1ccccc1)N(C)C. The summed E-state index contributed by atoms with van der Waals surface area (Å²) in [6, 6.07) is 42.1. The summed E-state index contributed by atoms with van der Waals surface area (Å²) in [4.78, 5) is 8.39. The van der Waals surface area contributed by atoms with E-state index in [1.165, 1.54) is 22.3 Å². The zero-order valence-corrected chi connectivity index (χ0v) is 39.4. The number of nitrogens with zero attached hydrogens (tertiary/aromatic N) is 4. The first-order chi connectivity index (χ1) is 28.6. The van der Waals surface area contributed by atoms with Gasteiger partial charge in [0.15, 0.2) is 0 Å². The molecule has 8 nitrogen and oxygen atoms in total. The molecule has 60 heavy (non-hydrogen) atoms. The molecule has 0 spiro atoms. The van der Waals surface area contributed by atoms with Gasteiger partial charge in [-0.1, -0.05) is 149 Å². The van der Waals surface area contributed by atoms with Crippen molar-refractivity contribution in [2.75, 3.05) is 56.4 Å². The minimum absolute atomic E-state index is 0.206. The number of aliphatic hydroxyl groups excluding tert-OH is 4. The maximum absolute atomic E-state index is 9.91. The molecule has 0 heterocycles. The van der Waals surface area contributed by atoms with Gasteiger partial charge < -0.3 is 40.0 Å². The molecule has 0 radical (unpaired) electrons. The predicted octanol–water partition coefficient (Wildman–Crippen LogP) is 7.72. The number of aliphatic hydroxyl groups is 4. The maximum atomic E-state index is 9.91. The molecular weight excluding hydrogens is 745 g/mol. The standard InChI is InChI=1S/4C13H21NO/c4*1-4-13(15)12(14(2)3)10-11-8-6-5-7-9-11/h4*5-9,12-13,15H,4,10H2,1-3H3/t2*12-,13+;2*12-,13-/m1010/s1. The van der Waals surface area contributed by atoms with E-state index in [-0.39, 0.29) is 48.6 Å². The lowest BCUT2D eigenvalue weighted by Gasteiger charge is -2.28. The van der Waals surface area contributed by atoms with Gasteiger partial charge in [0.05, 0.1) is 24.4 Å². The zero-order chi connectivity index (χ0) is 45.0. The molecule has 0 saturated carbocycles. The van der Waals surface area contributed by atoms with Crippen LogP contribution >= 0.6 is 0 Å². The molecule has 0 bridgehead atoms. The molecular formula is C52H84N4O4. The second-order valence-electron chi connectivity index (χ2n) is 16.8. The number of hydrogen-bond acceptors (Lipinski definition) is 8. The molecule has 0 amide bonds. The van der Waals surface area contributed by atoms with E-state index in [1.807, 2.05) is 157 Å². The minimum atomic E-state index is -0.250. The first-order valence-corrected chi connectivity index (χ1v) is 22.1. The van der Waals surface area contributed by atoms with Crippen molar-refractivity contribution in [1.29, 1.82) is 0 Å². The highest BCUT2D eigenvalue weighted by Gasteiger charge is 2.22. The van der Waals surface area contributed by atoms with Crippen molar-refractivity contribution >= 4 is 0 Å². The molecule has 0 aromatic heterocycles. The van der Waals surface area contributed by atoms with Crippen LogP contribution in [0.2, 0.25) is 0 Å². The highest BCUT2D eigenvalue weighted by molar-refractivity contribution is 5.19. The Morgan fingerprint density at radius 2 is 0.450 bits per heavy atom. The predicted molar refractivity (Wildman–Crippen MR) is 256 cm³/mol. The van der Waals surface area contributed by atoms with E-state index in [0.29, 0.717) is 0 Å². The summed E-state index contributed by atoms with van der Waals surface area (Å²) >= 11 is 0. The second kappa shape index (κ2) is 31.4. The maximum Gasteiger partial charge on any atom is 0.0695 e. The summed E-state index contributed by atoms with van der Waals surface area (Å²) in [5.74, 6) is 0. The van der Waals surface area contributed by atoms with Crippen LogP contribution in [0.5, 0.6) is 0 Å². The van der Waals surface area contributed by atoms with E-state index in [4.69, 9.17) is 0 Å². The van der Waals surface area contributed by atoms with Gasteiger partial charge in [-0.25, -0.2) is 0 Å². The summed E-state index contributed by atoms with van der Waals surface area (Å²) < 4.78 is 0. The van der Waals surface area contributed by atoms with Crippen LogP contribution in [0, 0.1) is 0 Å². The molecule has 4 aromatic carbocycles. The van der Waals surface area contributed by atoms with Crippen molar-refractivity contribution in [2.24, 2.45) is 0 Å². The molecule has 0 aliphatic carbocycles. The molecule has 0 aliphatic heterocycles. The number of hydrogen-bond donors (Lipinski definition) is 4. The quantitative estimate of drug-likeness (QED) is 0.0721. The fraction of sp³-hybridized carbons (Fsp3) is 0.538. The van der Waals surface area contributed by atoms with Gasteiger partial charge in [-0.3, -0.25) is 0 Å². The Balaban J connectivity index is 0.000000400. The Bertz CT molecular complexity index is 1320. The molecule has 4 rings (SSSR count). The van der Waals surface area contributed by atoms with Crippen LogP contribution in [0.15, 0.2) is 121 Å². The summed E-state index contributed by atoms with van der Waals surface area (Å²) in [6.07, 6.45) is 5.83. The lowest BCUT2D eigenvalue weighted by atomic mass is 9.99. The number of benzene rings is 4. The topological polar surface area (TPSA) is 93.9 Å². The van der Waals surface area contributed by atoms with Crippen molar-refractivity contribution in [2.45, 2.75) is 128 Å². The van der Waals surface area contributed by atoms with Crippen LogP contribution in [0.3, 0.4) is 0 Å². The average Bonchev–Trinajstić information content (AvgIpc) is 3.26. The van der Waals surface area contributed by atoms with Gasteiger partial charge in [0.25, 0.3) is 0 Å². The van der Waals surface area contributed by atoms with E-state index in [0.717, 1.165) is 51.4 Å². The van der Waals surface area contributed by atoms with Crippen LogP contribution in [-0.4, -0.2) is 145 Å².